The van der Waals surface area contributed by atoms with Crippen LogP contribution in [0.2, 0.25) is 0 Å². The number of aromatic amines is 1. The van der Waals surface area contributed by atoms with Crippen LogP contribution in [0.4, 0.5) is 10.5 Å². The van der Waals surface area contributed by atoms with E-state index in [0.717, 1.165) is 16.5 Å². The lowest BCUT2D eigenvalue weighted by molar-refractivity contribution is 0.251. The van der Waals surface area contributed by atoms with E-state index in [0.29, 0.717) is 12.2 Å². The molecule has 3 aromatic rings. The number of hydrogen-bond donors (Lipinski definition) is 3. The Morgan fingerprint density at radius 3 is 3.00 bits per heavy atom. The molecular formula is C14H13N5O. The van der Waals surface area contributed by atoms with E-state index >= 15 is 0 Å². The van der Waals surface area contributed by atoms with E-state index in [1.54, 1.807) is 12.4 Å². The van der Waals surface area contributed by atoms with Gasteiger partial charge in [0, 0.05) is 17.8 Å². The molecule has 3 N–H and O–H groups in total. The highest BCUT2D eigenvalue weighted by atomic mass is 16.2. The van der Waals surface area contributed by atoms with Gasteiger partial charge in [0.15, 0.2) is 0 Å². The van der Waals surface area contributed by atoms with Gasteiger partial charge in [0.05, 0.1) is 24.1 Å². The number of nitrogens with zero attached hydrogens (tertiary/aromatic N) is 2. The highest BCUT2D eigenvalue weighted by Gasteiger charge is 2.05. The van der Waals surface area contributed by atoms with Gasteiger partial charge < -0.3 is 10.6 Å². The van der Waals surface area contributed by atoms with Gasteiger partial charge in [-0.2, -0.15) is 5.10 Å². The van der Waals surface area contributed by atoms with Crippen LogP contribution in [0.5, 0.6) is 0 Å². The van der Waals surface area contributed by atoms with Gasteiger partial charge in [-0.3, -0.25) is 10.1 Å². The molecule has 100 valence electrons. The van der Waals surface area contributed by atoms with E-state index in [9.17, 15) is 4.79 Å². The molecule has 0 aliphatic heterocycles. The minimum Gasteiger partial charge on any atom is -0.332 e. The zero-order valence-corrected chi connectivity index (χ0v) is 10.6. The maximum Gasteiger partial charge on any atom is 0.319 e. The van der Waals surface area contributed by atoms with E-state index in [2.05, 4.69) is 25.8 Å². The van der Waals surface area contributed by atoms with Crippen LogP contribution in [0.15, 0.2) is 48.9 Å². The summed E-state index contributed by atoms with van der Waals surface area (Å²) < 4.78 is 0. The summed E-state index contributed by atoms with van der Waals surface area (Å²) in [4.78, 5) is 16.0. The molecule has 0 radical (unpaired) electrons. The zero-order valence-electron chi connectivity index (χ0n) is 10.6. The number of anilines is 1. The molecule has 0 spiro atoms. The van der Waals surface area contributed by atoms with Crippen molar-refractivity contribution in [3.63, 3.8) is 0 Å². The number of benzene rings is 1. The average molecular weight is 267 g/mol. The van der Waals surface area contributed by atoms with Crippen LogP contribution < -0.4 is 10.6 Å². The second-order valence-electron chi connectivity index (χ2n) is 4.27. The van der Waals surface area contributed by atoms with E-state index < -0.39 is 0 Å². The Morgan fingerprint density at radius 1 is 1.25 bits per heavy atom. The van der Waals surface area contributed by atoms with Gasteiger partial charge in [-0.25, -0.2) is 4.79 Å². The summed E-state index contributed by atoms with van der Waals surface area (Å²) in [5, 5.41) is 14.0. The van der Waals surface area contributed by atoms with Crippen molar-refractivity contribution < 1.29 is 4.79 Å². The van der Waals surface area contributed by atoms with Crippen LogP contribution in [-0.2, 0) is 6.54 Å². The Labute approximate surface area is 115 Å². The Morgan fingerprint density at radius 2 is 2.15 bits per heavy atom. The summed E-state index contributed by atoms with van der Waals surface area (Å²) in [5.74, 6) is 0. The third-order valence-corrected chi connectivity index (χ3v) is 2.93. The van der Waals surface area contributed by atoms with Gasteiger partial charge >= 0.3 is 6.03 Å². The Balaban J connectivity index is 1.69. The average Bonchev–Trinajstić information content (AvgIpc) is 2.98. The van der Waals surface area contributed by atoms with Crippen LogP contribution in [0.1, 0.15) is 5.69 Å². The maximum absolute atomic E-state index is 11.7. The Hall–Kier alpha value is -2.89. The molecule has 1 aromatic carbocycles. The summed E-state index contributed by atoms with van der Waals surface area (Å²) in [5.41, 5.74) is 1.46. The van der Waals surface area contributed by atoms with E-state index in [1.807, 2.05) is 30.3 Å². The van der Waals surface area contributed by atoms with Crippen LogP contribution in [0, 0.1) is 0 Å². The molecule has 20 heavy (non-hydrogen) atoms. The zero-order chi connectivity index (χ0) is 13.8. The van der Waals surface area contributed by atoms with Crippen molar-refractivity contribution in [3.05, 3.63) is 54.6 Å². The summed E-state index contributed by atoms with van der Waals surface area (Å²) in [6.45, 7) is 0.366. The number of rotatable bonds is 3. The lowest BCUT2D eigenvalue weighted by atomic mass is 10.1. The first kappa shape index (κ1) is 12.2. The Bertz CT molecular complexity index is 718. The minimum atomic E-state index is -0.291. The number of carbonyl (C=O) groups is 1. The number of urea groups is 1. The molecule has 6 heteroatoms. The van der Waals surface area contributed by atoms with Gasteiger partial charge in [-0.15, -0.1) is 0 Å². The molecule has 0 fully saturated rings. The standard InChI is InChI=1S/C14H13N5O/c20-14(19-11-7-17-18-8-11)16-9-13-12-4-2-1-3-10(12)5-6-15-13/h1-8H,9H2,(H,17,18)(H2,16,19,20). The van der Waals surface area contributed by atoms with Crippen molar-refractivity contribution in [2.45, 2.75) is 6.54 Å². The van der Waals surface area contributed by atoms with Crippen molar-refractivity contribution in [3.8, 4) is 0 Å². The molecule has 3 rings (SSSR count). The molecule has 2 aromatic heterocycles. The van der Waals surface area contributed by atoms with Crippen molar-refractivity contribution in [2.75, 3.05) is 5.32 Å². The fraction of sp³-hybridized carbons (Fsp3) is 0.0714. The number of carbonyl (C=O) groups excluding carboxylic acids is 1. The van der Waals surface area contributed by atoms with Gasteiger partial charge in [0.25, 0.3) is 0 Å². The quantitative estimate of drug-likeness (QED) is 0.680. The lowest BCUT2D eigenvalue weighted by Gasteiger charge is -2.07. The molecule has 0 aliphatic rings. The number of aromatic nitrogens is 3. The summed E-state index contributed by atoms with van der Waals surface area (Å²) in [6.07, 6.45) is 4.89. The van der Waals surface area contributed by atoms with Crippen LogP contribution >= 0.6 is 0 Å². The SMILES string of the molecule is O=C(NCc1nccc2ccccc12)Nc1cn[nH]c1. The first-order chi connectivity index (χ1) is 9.83. The normalized spacial score (nSPS) is 10.4. The van der Waals surface area contributed by atoms with E-state index in [-0.39, 0.29) is 6.03 Å². The minimum absolute atomic E-state index is 0.291. The third kappa shape index (κ3) is 2.59. The summed E-state index contributed by atoms with van der Waals surface area (Å²) in [6, 6.07) is 9.61. The first-order valence-corrected chi connectivity index (χ1v) is 6.19. The van der Waals surface area contributed by atoms with Gasteiger partial charge in [-0.1, -0.05) is 24.3 Å². The van der Waals surface area contributed by atoms with Gasteiger partial charge in [-0.05, 0) is 11.5 Å². The molecule has 0 bridgehead atoms. The fourth-order valence-electron chi connectivity index (χ4n) is 1.98. The lowest BCUT2D eigenvalue weighted by Crippen LogP contribution is -2.28. The predicted octanol–water partition coefficient (Wildman–Crippen LogP) is 2.28. The maximum atomic E-state index is 11.7. The summed E-state index contributed by atoms with van der Waals surface area (Å²) >= 11 is 0. The fourth-order valence-corrected chi connectivity index (χ4v) is 1.98. The second kappa shape index (κ2) is 5.40. The van der Waals surface area contributed by atoms with Crippen molar-refractivity contribution >= 4 is 22.5 Å². The predicted molar refractivity (Wildman–Crippen MR) is 76.2 cm³/mol. The van der Waals surface area contributed by atoms with Gasteiger partial charge in [0.1, 0.15) is 0 Å². The highest BCUT2D eigenvalue weighted by Crippen LogP contribution is 2.15. The number of hydrogen-bond acceptors (Lipinski definition) is 3. The molecule has 2 amide bonds. The van der Waals surface area contributed by atoms with E-state index in [4.69, 9.17) is 0 Å². The topological polar surface area (TPSA) is 82.7 Å². The van der Waals surface area contributed by atoms with Gasteiger partial charge in [0.2, 0.25) is 0 Å². The smallest absolute Gasteiger partial charge is 0.319 e. The third-order valence-electron chi connectivity index (χ3n) is 2.93. The number of amides is 2. The molecule has 0 saturated carbocycles. The van der Waals surface area contributed by atoms with Crippen molar-refractivity contribution in [1.29, 1.82) is 0 Å². The van der Waals surface area contributed by atoms with Crippen LogP contribution in [0.3, 0.4) is 0 Å². The van der Waals surface area contributed by atoms with E-state index in [1.165, 1.54) is 6.20 Å². The van der Waals surface area contributed by atoms with Crippen LogP contribution in [-0.4, -0.2) is 21.2 Å². The second-order valence-corrected chi connectivity index (χ2v) is 4.27. The molecule has 0 saturated heterocycles. The molecule has 0 unspecified atom stereocenters. The molecule has 2 heterocycles. The van der Waals surface area contributed by atoms with Crippen molar-refractivity contribution in [1.82, 2.24) is 20.5 Å². The summed E-state index contributed by atoms with van der Waals surface area (Å²) in [7, 11) is 0. The molecule has 6 nitrogen and oxygen atoms in total. The monoisotopic (exact) mass is 267 g/mol. The number of pyridine rings is 1. The molecule has 0 atom stereocenters. The van der Waals surface area contributed by atoms with Crippen molar-refractivity contribution in [2.24, 2.45) is 0 Å². The number of nitrogens with one attached hydrogen (secondary N) is 3. The number of fused-ring (bicyclic) bond motifs is 1. The van der Waals surface area contributed by atoms with Crippen LogP contribution in [0.25, 0.3) is 10.8 Å². The Kier molecular flexibility index (Phi) is 3.28. The molecular weight excluding hydrogens is 254 g/mol. The highest BCUT2D eigenvalue weighted by molar-refractivity contribution is 5.89. The largest absolute Gasteiger partial charge is 0.332 e. The first-order valence-electron chi connectivity index (χ1n) is 6.19. The molecule has 0 aliphatic carbocycles. The number of H-pyrrole nitrogens is 1.